The van der Waals surface area contributed by atoms with Crippen LogP contribution in [-0.2, 0) is 4.79 Å². The Morgan fingerprint density at radius 2 is 2.35 bits per heavy atom. The van der Waals surface area contributed by atoms with Gasteiger partial charge in [-0.2, -0.15) is 11.3 Å². The molecule has 0 bridgehead atoms. The van der Waals surface area contributed by atoms with Crippen LogP contribution in [0.25, 0.3) is 0 Å². The first-order valence-corrected chi connectivity index (χ1v) is 7.90. The summed E-state index contributed by atoms with van der Waals surface area (Å²) in [6.45, 7) is 2.00. The molecule has 0 aliphatic carbocycles. The molecule has 1 aliphatic rings. The number of hydrogen-bond acceptors (Lipinski definition) is 4. The van der Waals surface area contributed by atoms with Crippen LogP contribution in [-0.4, -0.2) is 49.4 Å². The van der Waals surface area contributed by atoms with Gasteiger partial charge in [-0.1, -0.05) is 0 Å². The summed E-state index contributed by atoms with van der Waals surface area (Å²) < 4.78 is 0. The maximum atomic E-state index is 12.1. The topological polar surface area (TPSA) is 61.4 Å². The average molecular weight is 295 g/mol. The molecule has 1 fully saturated rings. The van der Waals surface area contributed by atoms with Crippen molar-refractivity contribution >= 4 is 23.2 Å². The molecule has 1 aromatic heterocycles. The van der Waals surface area contributed by atoms with Crippen molar-refractivity contribution in [3.05, 3.63) is 22.4 Å². The molecule has 0 radical (unpaired) electrons. The van der Waals surface area contributed by atoms with Crippen molar-refractivity contribution in [1.82, 2.24) is 15.5 Å². The zero-order chi connectivity index (χ0) is 14.4. The second kappa shape index (κ2) is 7.40. The van der Waals surface area contributed by atoms with E-state index in [2.05, 4.69) is 10.6 Å². The number of thiophene rings is 1. The fourth-order valence-electron chi connectivity index (χ4n) is 2.38. The van der Waals surface area contributed by atoms with E-state index in [9.17, 15) is 9.59 Å². The molecule has 1 atom stereocenters. The van der Waals surface area contributed by atoms with Gasteiger partial charge in [0.25, 0.3) is 5.91 Å². The van der Waals surface area contributed by atoms with Gasteiger partial charge in [-0.05, 0) is 31.3 Å². The van der Waals surface area contributed by atoms with Crippen LogP contribution in [0.4, 0.5) is 0 Å². The molecule has 0 saturated carbocycles. The summed E-state index contributed by atoms with van der Waals surface area (Å²) in [5, 5.41) is 9.68. The Hall–Kier alpha value is -1.40. The standard InChI is InChI=1S/C14H21N3O2S/c1-15-12-3-2-7-17(9-12)13(18)4-6-16-14(19)11-5-8-20-10-11/h5,8,10,12,15H,2-4,6-7,9H2,1H3,(H,16,19). The summed E-state index contributed by atoms with van der Waals surface area (Å²) in [4.78, 5) is 25.7. The summed E-state index contributed by atoms with van der Waals surface area (Å²) in [5.74, 6) is 0.0152. The molecule has 1 saturated heterocycles. The Bertz CT molecular complexity index is 447. The molecule has 20 heavy (non-hydrogen) atoms. The predicted octanol–water partition coefficient (Wildman–Crippen LogP) is 1.08. The van der Waals surface area contributed by atoms with Crippen LogP contribution in [0.2, 0.25) is 0 Å². The summed E-state index contributed by atoms with van der Waals surface area (Å²) in [7, 11) is 1.93. The van der Waals surface area contributed by atoms with Crippen molar-refractivity contribution in [3.8, 4) is 0 Å². The molecule has 1 aliphatic heterocycles. The van der Waals surface area contributed by atoms with Gasteiger partial charge in [0.1, 0.15) is 0 Å². The molecular formula is C14H21N3O2S. The van der Waals surface area contributed by atoms with Crippen molar-refractivity contribution in [2.24, 2.45) is 0 Å². The van der Waals surface area contributed by atoms with Crippen molar-refractivity contribution in [2.45, 2.75) is 25.3 Å². The van der Waals surface area contributed by atoms with E-state index in [1.807, 2.05) is 17.3 Å². The minimum atomic E-state index is -0.106. The maximum Gasteiger partial charge on any atom is 0.252 e. The van der Waals surface area contributed by atoms with Gasteiger partial charge >= 0.3 is 0 Å². The Morgan fingerprint density at radius 1 is 1.50 bits per heavy atom. The lowest BCUT2D eigenvalue weighted by Gasteiger charge is -2.32. The number of piperidine rings is 1. The van der Waals surface area contributed by atoms with Gasteiger partial charge in [0.2, 0.25) is 5.91 Å². The number of rotatable bonds is 5. The molecule has 5 nitrogen and oxygen atoms in total. The molecule has 2 rings (SSSR count). The Kier molecular flexibility index (Phi) is 5.55. The molecule has 2 N–H and O–H groups in total. The molecule has 0 spiro atoms. The summed E-state index contributed by atoms with van der Waals surface area (Å²) in [5.41, 5.74) is 0.663. The Balaban J connectivity index is 1.71. The Labute approximate surface area is 123 Å². The van der Waals surface area contributed by atoms with Crippen molar-refractivity contribution in [1.29, 1.82) is 0 Å². The molecule has 110 valence electrons. The van der Waals surface area contributed by atoms with Crippen LogP contribution >= 0.6 is 11.3 Å². The van der Waals surface area contributed by atoms with Crippen LogP contribution in [0.15, 0.2) is 16.8 Å². The molecule has 2 heterocycles. The van der Waals surface area contributed by atoms with E-state index in [0.717, 1.165) is 25.9 Å². The number of hydrogen-bond donors (Lipinski definition) is 2. The minimum Gasteiger partial charge on any atom is -0.351 e. The summed E-state index contributed by atoms with van der Waals surface area (Å²) in [6, 6.07) is 2.18. The molecule has 6 heteroatoms. The number of nitrogens with zero attached hydrogens (tertiary/aromatic N) is 1. The molecule has 1 aromatic rings. The van der Waals surface area contributed by atoms with Crippen molar-refractivity contribution in [2.75, 3.05) is 26.7 Å². The zero-order valence-corrected chi connectivity index (χ0v) is 12.5. The smallest absolute Gasteiger partial charge is 0.252 e. The third-order valence-electron chi connectivity index (χ3n) is 3.59. The second-order valence-corrected chi connectivity index (χ2v) is 5.77. The van der Waals surface area contributed by atoms with E-state index in [0.29, 0.717) is 24.6 Å². The van der Waals surface area contributed by atoms with E-state index in [4.69, 9.17) is 0 Å². The van der Waals surface area contributed by atoms with Crippen molar-refractivity contribution < 1.29 is 9.59 Å². The maximum absolute atomic E-state index is 12.1. The van der Waals surface area contributed by atoms with E-state index in [-0.39, 0.29) is 11.8 Å². The highest BCUT2D eigenvalue weighted by Gasteiger charge is 2.22. The van der Waals surface area contributed by atoms with Crippen LogP contribution in [0.5, 0.6) is 0 Å². The first-order valence-electron chi connectivity index (χ1n) is 6.96. The SMILES string of the molecule is CNC1CCCN(C(=O)CCNC(=O)c2ccsc2)C1. The first-order chi connectivity index (χ1) is 9.70. The quantitative estimate of drug-likeness (QED) is 0.854. The number of likely N-dealkylation sites (tertiary alicyclic amines) is 1. The van der Waals surface area contributed by atoms with Gasteiger partial charge < -0.3 is 15.5 Å². The lowest BCUT2D eigenvalue weighted by atomic mass is 10.1. The van der Waals surface area contributed by atoms with Crippen LogP contribution in [0, 0.1) is 0 Å². The normalized spacial score (nSPS) is 18.9. The van der Waals surface area contributed by atoms with E-state index >= 15 is 0 Å². The van der Waals surface area contributed by atoms with Gasteiger partial charge in [0.05, 0.1) is 0 Å². The highest BCUT2D eigenvalue weighted by Crippen LogP contribution is 2.11. The lowest BCUT2D eigenvalue weighted by Crippen LogP contribution is -2.47. The number of amides is 2. The van der Waals surface area contributed by atoms with Crippen molar-refractivity contribution in [3.63, 3.8) is 0 Å². The molecule has 1 unspecified atom stereocenters. The molecular weight excluding hydrogens is 274 g/mol. The van der Waals surface area contributed by atoms with Gasteiger partial charge in [-0.3, -0.25) is 9.59 Å². The third kappa shape index (κ3) is 4.05. The van der Waals surface area contributed by atoms with Crippen LogP contribution < -0.4 is 10.6 Å². The van der Waals surface area contributed by atoms with E-state index in [1.54, 1.807) is 11.4 Å². The highest BCUT2D eigenvalue weighted by atomic mass is 32.1. The number of carbonyl (C=O) groups excluding carboxylic acids is 2. The van der Waals surface area contributed by atoms with Crippen LogP contribution in [0.1, 0.15) is 29.6 Å². The molecule has 2 amide bonds. The number of nitrogens with one attached hydrogen (secondary N) is 2. The monoisotopic (exact) mass is 295 g/mol. The van der Waals surface area contributed by atoms with Crippen LogP contribution in [0.3, 0.4) is 0 Å². The van der Waals surface area contributed by atoms with E-state index in [1.165, 1.54) is 11.3 Å². The Morgan fingerprint density at radius 3 is 3.05 bits per heavy atom. The lowest BCUT2D eigenvalue weighted by molar-refractivity contribution is -0.132. The van der Waals surface area contributed by atoms with Gasteiger partial charge in [0.15, 0.2) is 0 Å². The minimum absolute atomic E-state index is 0.106. The first kappa shape index (κ1) is 15.0. The number of carbonyl (C=O) groups is 2. The fourth-order valence-corrected chi connectivity index (χ4v) is 3.01. The molecule has 0 aromatic carbocycles. The van der Waals surface area contributed by atoms with Gasteiger partial charge in [0, 0.05) is 43.0 Å². The number of likely N-dealkylation sites (N-methyl/N-ethyl adjacent to an activating group) is 1. The predicted molar refractivity (Wildman–Crippen MR) is 79.9 cm³/mol. The summed E-state index contributed by atoms with van der Waals surface area (Å²) >= 11 is 1.49. The third-order valence-corrected chi connectivity index (χ3v) is 4.27. The largest absolute Gasteiger partial charge is 0.351 e. The van der Waals surface area contributed by atoms with Gasteiger partial charge in [-0.15, -0.1) is 0 Å². The highest BCUT2D eigenvalue weighted by molar-refractivity contribution is 7.08. The fraction of sp³-hybridized carbons (Fsp3) is 0.571. The summed E-state index contributed by atoms with van der Waals surface area (Å²) in [6.07, 6.45) is 2.53. The zero-order valence-electron chi connectivity index (χ0n) is 11.7. The van der Waals surface area contributed by atoms with Gasteiger partial charge in [-0.25, -0.2) is 0 Å². The average Bonchev–Trinajstić information content (AvgIpc) is 3.01. The second-order valence-electron chi connectivity index (χ2n) is 4.99. The van der Waals surface area contributed by atoms with E-state index < -0.39 is 0 Å².